The van der Waals surface area contributed by atoms with Gasteiger partial charge in [-0.2, -0.15) is 0 Å². The number of benzene rings is 1. The van der Waals surface area contributed by atoms with Gasteiger partial charge < -0.3 is 14.2 Å². The molecule has 0 amide bonds. The van der Waals surface area contributed by atoms with Gasteiger partial charge in [0.1, 0.15) is 11.5 Å². The first-order chi connectivity index (χ1) is 9.17. The van der Waals surface area contributed by atoms with E-state index in [-0.39, 0.29) is 11.9 Å². The van der Waals surface area contributed by atoms with Gasteiger partial charge in [0.05, 0.1) is 27.2 Å². The maximum atomic E-state index is 11.9. The zero-order chi connectivity index (χ0) is 14.3. The van der Waals surface area contributed by atoms with Crippen molar-refractivity contribution in [2.75, 3.05) is 21.3 Å². The van der Waals surface area contributed by atoms with Crippen LogP contribution in [0.3, 0.4) is 0 Å². The molecule has 0 fully saturated rings. The van der Waals surface area contributed by atoms with E-state index in [9.17, 15) is 4.79 Å². The second-order valence-corrected chi connectivity index (χ2v) is 4.33. The second-order valence-electron chi connectivity index (χ2n) is 4.33. The molecule has 106 valence electrons. The van der Waals surface area contributed by atoms with Crippen LogP contribution in [-0.4, -0.2) is 27.3 Å². The summed E-state index contributed by atoms with van der Waals surface area (Å²) in [6.45, 7) is 2.10. The maximum Gasteiger partial charge on any atom is 0.313 e. The molecule has 1 atom stereocenters. The van der Waals surface area contributed by atoms with Crippen LogP contribution in [0.15, 0.2) is 18.2 Å². The highest BCUT2D eigenvalue weighted by Crippen LogP contribution is 2.34. The molecule has 4 heteroatoms. The zero-order valence-electron chi connectivity index (χ0n) is 12.1. The van der Waals surface area contributed by atoms with Crippen LogP contribution in [0.5, 0.6) is 11.5 Å². The fraction of sp³-hybridized carbons (Fsp3) is 0.533. The molecule has 0 saturated carbocycles. The molecule has 0 radical (unpaired) electrons. The highest BCUT2D eigenvalue weighted by atomic mass is 16.5. The lowest BCUT2D eigenvalue weighted by Crippen LogP contribution is -2.15. The van der Waals surface area contributed by atoms with Gasteiger partial charge in [0.15, 0.2) is 0 Å². The van der Waals surface area contributed by atoms with Crippen LogP contribution < -0.4 is 9.47 Å². The predicted molar refractivity (Wildman–Crippen MR) is 73.8 cm³/mol. The first kappa shape index (κ1) is 15.3. The molecule has 0 spiro atoms. The summed E-state index contributed by atoms with van der Waals surface area (Å²) in [4.78, 5) is 11.9. The summed E-state index contributed by atoms with van der Waals surface area (Å²) >= 11 is 0. The zero-order valence-corrected chi connectivity index (χ0v) is 12.1. The van der Waals surface area contributed by atoms with E-state index >= 15 is 0 Å². The van der Waals surface area contributed by atoms with Crippen LogP contribution in [0.25, 0.3) is 0 Å². The Morgan fingerprint density at radius 1 is 1.21 bits per heavy atom. The van der Waals surface area contributed by atoms with Crippen molar-refractivity contribution < 1.29 is 19.0 Å². The molecule has 0 aliphatic carbocycles. The molecule has 1 aromatic carbocycles. The first-order valence-corrected chi connectivity index (χ1v) is 6.47. The summed E-state index contributed by atoms with van der Waals surface area (Å²) in [7, 11) is 4.60. The number of unbranched alkanes of at least 4 members (excludes halogenated alkanes) is 1. The van der Waals surface area contributed by atoms with Crippen LogP contribution in [-0.2, 0) is 9.53 Å². The van der Waals surface area contributed by atoms with Crippen LogP contribution in [0, 0.1) is 0 Å². The Morgan fingerprint density at radius 3 is 2.47 bits per heavy atom. The van der Waals surface area contributed by atoms with Crippen molar-refractivity contribution in [3.05, 3.63) is 23.8 Å². The number of methoxy groups -OCH3 is 3. The molecule has 1 unspecified atom stereocenters. The van der Waals surface area contributed by atoms with Crippen molar-refractivity contribution in [1.82, 2.24) is 0 Å². The van der Waals surface area contributed by atoms with Crippen molar-refractivity contribution in [2.45, 2.75) is 32.1 Å². The van der Waals surface area contributed by atoms with Crippen molar-refractivity contribution in [3.8, 4) is 11.5 Å². The molecule has 19 heavy (non-hydrogen) atoms. The molecule has 1 aromatic rings. The van der Waals surface area contributed by atoms with Crippen LogP contribution >= 0.6 is 0 Å². The molecule has 0 saturated heterocycles. The molecule has 0 aliphatic heterocycles. The van der Waals surface area contributed by atoms with Crippen LogP contribution in [0.1, 0.15) is 37.7 Å². The third kappa shape index (κ3) is 3.88. The summed E-state index contributed by atoms with van der Waals surface area (Å²) in [6, 6.07) is 5.49. The molecule has 4 nitrogen and oxygen atoms in total. The molecular weight excluding hydrogens is 244 g/mol. The molecule has 0 heterocycles. The Kier molecular flexibility index (Phi) is 6.19. The Morgan fingerprint density at radius 2 is 1.95 bits per heavy atom. The number of carbonyl (C=O) groups is 1. The van der Waals surface area contributed by atoms with E-state index in [1.165, 1.54) is 7.11 Å². The minimum atomic E-state index is -0.286. The SMILES string of the molecule is CCCCC(C(=O)OC)c1ccc(OC)cc1OC. The van der Waals surface area contributed by atoms with Gasteiger partial charge in [-0.3, -0.25) is 4.79 Å². The number of hydrogen-bond donors (Lipinski definition) is 0. The summed E-state index contributed by atoms with van der Waals surface area (Å²) in [6.07, 6.45) is 2.76. The average Bonchev–Trinajstić information content (AvgIpc) is 2.47. The summed E-state index contributed by atoms with van der Waals surface area (Å²) < 4.78 is 15.4. The van der Waals surface area contributed by atoms with Gasteiger partial charge in [0, 0.05) is 11.6 Å². The van der Waals surface area contributed by atoms with Gasteiger partial charge in [0.2, 0.25) is 0 Å². The molecule has 1 rings (SSSR count). The predicted octanol–water partition coefficient (Wildman–Crippen LogP) is 3.15. The largest absolute Gasteiger partial charge is 0.497 e. The van der Waals surface area contributed by atoms with Gasteiger partial charge in [-0.05, 0) is 12.5 Å². The van der Waals surface area contributed by atoms with Crippen LogP contribution in [0.2, 0.25) is 0 Å². The first-order valence-electron chi connectivity index (χ1n) is 6.47. The summed E-state index contributed by atoms with van der Waals surface area (Å²) in [5.41, 5.74) is 0.851. The van der Waals surface area contributed by atoms with Gasteiger partial charge in [-0.15, -0.1) is 0 Å². The minimum Gasteiger partial charge on any atom is -0.497 e. The third-order valence-corrected chi connectivity index (χ3v) is 3.15. The topological polar surface area (TPSA) is 44.8 Å². The lowest BCUT2D eigenvalue weighted by atomic mass is 9.92. The third-order valence-electron chi connectivity index (χ3n) is 3.15. The lowest BCUT2D eigenvalue weighted by Gasteiger charge is -2.18. The summed E-state index contributed by atoms with van der Waals surface area (Å²) in [5, 5.41) is 0. The molecule has 0 N–H and O–H groups in total. The minimum absolute atomic E-state index is 0.225. The quantitative estimate of drug-likeness (QED) is 0.711. The molecule has 0 bridgehead atoms. The van der Waals surface area contributed by atoms with E-state index < -0.39 is 0 Å². The maximum absolute atomic E-state index is 11.9. The van der Waals surface area contributed by atoms with Gasteiger partial charge in [-0.25, -0.2) is 0 Å². The van der Waals surface area contributed by atoms with Crippen LogP contribution in [0.4, 0.5) is 0 Å². The number of carbonyl (C=O) groups excluding carboxylic acids is 1. The van der Waals surface area contributed by atoms with Crippen molar-refractivity contribution in [1.29, 1.82) is 0 Å². The second kappa shape index (κ2) is 7.67. The summed E-state index contributed by atoms with van der Waals surface area (Å²) in [5.74, 6) is 0.855. The lowest BCUT2D eigenvalue weighted by molar-refractivity contribution is -0.142. The Labute approximate surface area is 114 Å². The van der Waals surface area contributed by atoms with Crippen molar-refractivity contribution >= 4 is 5.97 Å². The molecule has 0 aliphatic rings. The molecular formula is C15H22O4. The number of hydrogen-bond acceptors (Lipinski definition) is 4. The number of ether oxygens (including phenoxy) is 3. The smallest absolute Gasteiger partial charge is 0.313 e. The normalized spacial score (nSPS) is 11.8. The fourth-order valence-electron chi connectivity index (χ4n) is 2.06. The highest BCUT2D eigenvalue weighted by molar-refractivity contribution is 5.79. The van der Waals surface area contributed by atoms with E-state index in [1.807, 2.05) is 12.1 Å². The van der Waals surface area contributed by atoms with E-state index in [0.29, 0.717) is 11.5 Å². The van der Waals surface area contributed by atoms with Crippen molar-refractivity contribution in [2.24, 2.45) is 0 Å². The molecule has 0 aromatic heterocycles. The monoisotopic (exact) mass is 266 g/mol. The Balaban J connectivity index is 3.09. The van der Waals surface area contributed by atoms with Crippen molar-refractivity contribution in [3.63, 3.8) is 0 Å². The average molecular weight is 266 g/mol. The highest BCUT2D eigenvalue weighted by Gasteiger charge is 2.24. The van der Waals surface area contributed by atoms with E-state index in [0.717, 1.165) is 24.8 Å². The standard InChI is InChI=1S/C15H22O4/c1-5-6-7-13(15(16)19-4)12-9-8-11(17-2)10-14(12)18-3/h8-10,13H,5-7H2,1-4H3. The van der Waals surface area contributed by atoms with Gasteiger partial charge >= 0.3 is 5.97 Å². The van der Waals surface area contributed by atoms with E-state index in [2.05, 4.69) is 6.92 Å². The fourth-order valence-corrected chi connectivity index (χ4v) is 2.06. The van der Waals surface area contributed by atoms with Gasteiger partial charge in [-0.1, -0.05) is 25.8 Å². The Hall–Kier alpha value is -1.71. The Bertz CT molecular complexity index is 415. The van der Waals surface area contributed by atoms with Gasteiger partial charge in [0.25, 0.3) is 0 Å². The van der Waals surface area contributed by atoms with E-state index in [1.54, 1.807) is 20.3 Å². The number of rotatable bonds is 7. The van der Waals surface area contributed by atoms with E-state index in [4.69, 9.17) is 14.2 Å². The number of esters is 1.